The van der Waals surface area contributed by atoms with Gasteiger partial charge in [-0.05, 0) is 6.42 Å². The summed E-state index contributed by atoms with van der Waals surface area (Å²) >= 11 is 0. The Kier molecular flexibility index (Phi) is 13.5. The van der Waals surface area contributed by atoms with Crippen LogP contribution in [-0.4, -0.2) is 140 Å². The fraction of sp³-hybridized carbons (Fsp3) is 1.00. The molecule has 13 heteroatoms. The van der Waals surface area contributed by atoms with Crippen molar-refractivity contribution in [3.63, 3.8) is 0 Å². The van der Waals surface area contributed by atoms with E-state index in [-0.39, 0.29) is 19.8 Å². The molecule has 0 aromatic rings. The van der Waals surface area contributed by atoms with Crippen molar-refractivity contribution in [1.82, 2.24) is 0 Å². The van der Waals surface area contributed by atoms with Gasteiger partial charge in [-0.15, -0.1) is 0 Å². The van der Waals surface area contributed by atoms with Crippen LogP contribution in [0.4, 0.5) is 0 Å². The summed E-state index contributed by atoms with van der Waals surface area (Å²) < 4.78 is 44.4. The Bertz CT molecular complexity index is 657. The van der Waals surface area contributed by atoms with E-state index in [1.54, 1.807) is 0 Å². The lowest BCUT2D eigenvalue weighted by Crippen LogP contribution is -2.44. The summed E-state index contributed by atoms with van der Waals surface area (Å²) in [5, 5.41) is 52.1. The molecule has 3 aliphatic rings. The molecule has 0 aliphatic carbocycles. The first-order chi connectivity index (χ1) is 18.3. The van der Waals surface area contributed by atoms with Crippen LogP contribution in [0.1, 0.15) is 45.4 Å². The van der Waals surface area contributed by atoms with Crippen molar-refractivity contribution in [2.75, 3.05) is 40.6 Å². The van der Waals surface area contributed by atoms with Crippen LogP contribution in [0.5, 0.6) is 0 Å². The number of aliphatic hydroxyl groups excluding tert-OH is 5. The first kappa shape index (κ1) is 32.0. The summed E-state index contributed by atoms with van der Waals surface area (Å²) in [5.74, 6) is 0. The van der Waals surface area contributed by atoms with Crippen molar-refractivity contribution in [3.8, 4) is 0 Å². The fourth-order valence-corrected chi connectivity index (χ4v) is 4.85. The van der Waals surface area contributed by atoms with Crippen LogP contribution in [0.15, 0.2) is 0 Å². The molecular formula is C25H46O13. The van der Waals surface area contributed by atoms with E-state index in [0.29, 0.717) is 6.61 Å². The van der Waals surface area contributed by atoms with Crippen LogP contribution in [0.2, 0.25) is 0 Å². The number of hydrogen-bond acceptors (Lipinski definition) is 13. The fourth-order valence-electron chi connectivity index (χ4n) is 4.85. The molecule has 0 amide bonds. The Morgan fingerprint density at radius 3 is 1.71 bits per heavy atom. The second-order valence-electron chi connectivity index (χ2n) is 10.1. The third kappa shape index (κ3) is 8.26. The Balaban J connectivity index is 1.59. The molecule has 0 aromatic carbocycles. The molecule has 0 spiro atoms. The van der Waals surface area contributed by atoms with Gasteiger partial charge in [0.05, 0.1) is 19.8 Å². The molecule has 3 heterocycles. The molecule has 3 saturated heterocycles. The second kappa shape index (κ2) is 16.1. The Morgan fingerprint density at radius 2 is 1.08 bits per heavy atom. The highest BCUT2D eigenvalue weighted by Crippen LogP contribution is 2.32. The summed E-state index contributed by atoms with van der Waals surface area (Å²) in [4.78, 5) is 0. The van der Waals surface area contributed by atoms with Gasteiger partial charge in [0.15, 0.2) is 18.9 Å². The maximum Gasteiger partial charge on any atom is 0.187 e. The molecule has 3 aliphatic heterocycles. The average molecular weight is 555 g/mol. The van der Waals surface area contributed by atoms with Gasteiger partial charge in [0, 0.05) is 20.8 Å². The topological polar surface area (TPSA) is 175 Å². The zero-order valence-corrected chi connectivity index (χ0v) is 22.5. The van der Waals surface area contributed by atoms with Crippen LogP contribution in [0.3, 0.4) is 0 Å². The Hall–Kier alpha value is -0.520. The lowest BCUT2D eigenvalue weighted by molar-refractivity contribution is -0.228. The minimum atomic E-state index is -1.38. The zero-order chi connectivity index (χ0) is 27.7. The van der Waals surface area contributed by atoms with Crippen molar-refractivity contribution in [3.05, 3.63) is 0 Å². The monoisotopic (exact) mass is 554 g/mol. The normalized spacial score (nSPS) is 41.4. The van der Waals surface area contributed by atoms with Gasteiger partial charge in [-0.1, -0.05) is 39.0 Å². The molecule has 0 bridgehead atoms. The van der Waals surface area contributed by atoms with E-state index in [1.165, 1.54) is 33.5 Å². The standard InChI is InChI=1S/C25H46O13/c1-4-5-6-7-8-9-10-33-24-21(30)22(38-25-20(29)18(27)15(36-25)12-32-3)16(37-24)13-34-23-19(28)17(26)14(35-23)11-31-2/h14-30H,4-13H2,1-3H3/t14-,15-,16-,17-,18-,19+,20+,21+,22-,23+,24+,25-/m1/s1. The minimum absolute atomic E-state index is 0.0419. The first-order valence-corrected chi connectivity index (χ1v) is 13.6. The van der Waals surface area contributed by atoms with Crippen molar-refractivity contribution in [2.24, 2.45) is 0 Å². The molecule has 0 unspecified atom stereocenters. The summed E-state index contributed by atoms with van der Waals surface area (Å²) in [5.41, 5.74) is 0. The van der Waals surface area contributed by atoms with Gasteiger partial charge < -0.3 is 63.4 Å². The van der Waals surface area contributed by atoms with E-state index in [2.05, 4.69) is 6.92 Å². The number of hydrogen-bond donors (Lipinski definition) is 5. The molecule has 38 heavy (non-hydrogen) atoms. The van der Waals surface area contributed by atoms with E-state index in [9.17, 15) is 25.5 Å². The number of unbranched alkanes of at least 4 members (excludes halogenated alkanes) is 5. The van der Waals surface area contributed by atoms with Crippen LogP contribution in [-0.2, 0) is 37.9 Å². The quantitative estimate of drug-likeness (QED) is 0.139. The third-order valence-corrected chi connectivity index (χ3v) is 7.09. The predicted octanol–water partition coefficient (Wildman–Crippen LogP) is -0.963. The lowest BCUT2D eigenvalue weighted by Gasteiger charge is -2.26. The SMILES string of the molecule is CCCCCCCCO[C@H]1O[C@H](CO[C@H]2O[C@H](COC)[C@@H](O)[C@@H]2O)[C@@H](O[C@H]2O[C@H](COC)[C@@H](O)[C@@H]2O)[C@@H]1O. The number of ether oxygens (including phenoxy) is 8. The molecule has 3 fully saturated rings. The predicted molar refractivity (Wildman–Crippen MR) is 130 cm³/mol. The maximum atomic E-state index is 11.0. The van der Waals surface area contributed by atoms with Gasteiger partial charge >= 0.3 is 0 Å². The van der Waals surface area contributed by atoms with Gasteiger partial charge in [0.25, 0.3) is 0 Å². The number of aliphatic hydroxyl groups is 5. The lowest BCUT2D eigenvalue weighted by atomic mass is 10.1. The van der Waals surface area contributed by atoms with E-state index in [1.807, 2.05) is 0 Å². The van der Waals surface area contributed by atoms with Gasteiger partial charge in [-0.25, -0.2) is 0 Å². The van der Waals surface area contributed by atoms with E-state index >= 15 is 0 Å². The third-order valence-electron chi connectivity index (χ3n) is 7.09. The van der Waals surface area contributed by atoms with Crippen LogP contribution in [0, 0.1) is 0 Å². The van der Waals surface area contributed by atoms with Crippen LogP contribution in [0.25, 0.3) is 0 Å². The number of methoxy groups -OCH3 is 2. The molecule has 0 aromatic heterocycles. The zero-order valence-electron chi connectivity index (χ0n) is 22.5. The average Bonchev–Trinajstić information content (AvgIpc) is 3.45. The highest BCUT2D eigenvalue weighted by atomic mass is 16.8. The van der Waals surface area contributed by atoms with Crippen molar-refractivity contribution in [1.29, 1.82) is 0 Å². The molecule has 0 saturated carbocycles. The molecule has 3 rings (SSSR count). The number of rotatable bonds is 17. The van der Waals surface area contributed by atoms with Gasteiger partial charge in [-0.3, -0.25) is 0 Å². The van der Waals surface area contributed by atoms with Crippen LogP contribution < -0.4 is 0 Å². The Labute approximate surface area is 223 Å². The van der Waals surface area contributed by atoms with Crippen molar-refractivity contribution in [2.45, 2.75) is 119 Å². The van der Waals surface area contributed by atoms with Crippen molar-refractivity contribution >= 4 is 0 Å². The van der Waals surface area contributed by atoms with Gasteiger partial charge in [0.1, 0.15) is 54.9 Å². The van der Waals surface area contributed by atoms with Gasteiger partial charge in [-0.2, -0.15) is 0 Å². The largest absolute Gasteiger partial charge is 0.387 e. The molecule has 224 valence electrons. The summed E-state index contributed by atoms with van der Waals surface area (Å²) in [6.07, 6.45) is -6.91. The van der Waals surface area contributed by atoms with Gasteiger partial charge in [0.2, 0.25) is 0 Å². The van der Waals surface area contributed by atoms with Crippen molar-refractivity contribution < 1.29 is 63.4 Å². The smallest absolute Gasteiger partial charge is 0.187 e. The summed E-state index contributed by atoms with van der Waals surface area (Å²) in [7, 11) is 2.89. The van der Waals surface area contributed by atoms with E-state index in [0.717, 1.165) is 19.3 Å². The second-order valence-corrected chi connectivity index (χ2v) is 10.1. The molecule has 13 nitrogen and oxygen atoms in total. The Morgan fingerprint density at radius 1 is 0.553 bits per heavy atom. The van der Waals surface area contributed by atoms with Crippen LogP contribution >= 0.6 is 0 Å². The highest BCUT2D eigenvalue weighted by molar-refractivity contribution is 4.93. The minimum Gasteiger partial charge on any atom is -0.387 e. The summed E-state index contributed by atoms with van der Waals surface area (Å²) in [6, 6.07) is 0. The molecular weight excluding hydrogens is 508 g/mol. The van der Waals surface area contributed by atoms with E-state index < -0.39 is 73.8 Å². The molecule has 5 N–H and O–H groups in total. The maximum absolute atomic E-state index is 11.0. The molecule has 12 atom stereocenters. The molecule has 0 radical (unpaired) electrons. The first-order valence-electron chi connectivity index (χ1n) is 13.6. The highest BCUT2D eigenvalue weighted by Gasteiger charge is 2.52. The van der Waals surface area contributed by atoms with E-state index in [4.69, 9.17) is 37.9 Å². The summed E-state index contributed by atoms with van der Waals surface area (Å²) in [6.45, 7) is 2.45.